The van der Waals surface area contributed by atoms with Gasteiger partial charge in [0.05, 0.1) is 18.2 Å². The van der Waals surface area contributed by atoms with Gasteiger partial charge in [-0.15, -0.1) is 0 Å². The standard InChI is InChI=1S/C22H21N3O5/c1-28-18-7-3-2-6-17(18)21-23-19(30-24-21)14-29-22(27)15-9-11-16(12-10-15)25-13-5-4-8-20(25)26/h2-3,6-7,9-12H,4-5,8,13-14H2,1H3. The highest BCUT2D eigenvalue weighted by molar-refractivity contribution is 5.95. The number of rotatable bonds is 6. The summed E-state index contributed by atoms with van der Waals surface area (Å²) in [7, 11) is 1.56. The quantitative estimate of drug-likeness (QED) is 0.576. The molecule has 1 aliphatic heterocycles. The molecule has 0 bridgehead atoms. The lowest BCUT2D eigenvalue weighted by Gasteiger charge is -2.26. The average molecular weight is 407 g/mol. The van der Waals surface area contributed by atoms with E-state index in [4.69, 9.17) is 14.0 Å². The fourth-order valence-corrected chi connectivity index (χ4v) is 3.32. The number of carbonyl (C=O) groups excluding carboxylic acids is 2. The minimum absolute atomic E-state index is 0.110. The second-order valence-corrected chi connectivity index (χ2v) is 6.84. The number of methoxy groups -OCH3 is 1. The molecule has 0 saturated carbocycles. The van der Waals surface area contributed by atoms with Crippen LogP contribution in [0.4, 0.5) is 5.69 Å². The molecule has 2 heterocycles. The molecule has 1 fully saturated rings. The van der Waals surface area contributed by atoms with Crippen molar-refractivity contribution in [3.63, 3.8) is 0 Å². The van der Waals surface area contributed by atoms with Crippen LogP contribution in [-0.4, -0.2) is 35.7 Å². The molecule has 0 spiro atoms. The van der Waals surface area contributed by atoms with Crippen molar-refractivity contribution in [2.24, 2.45) is 0 Å². The van der Waals surface area contributed by atoms with Crippen molar-refractivity contribution in [3.8, 4) is 17.1 Å². The number of nitrogens with zero attached hydrogens (tertiary/aromatic N) is 3. The second-order valence-electron chi connectivity index (χ2n) is 6.84. The number of esters is 1. The van der Waals surface area contributed by atoms with Crippen LogP contribution >= 0.6 is 0 Å². The summed E-state index contributed by atoms with van der Waals surface area (Å²) in [6, 6.07) is 14.1. The normalized spacial score (nSPS) is 13.9. The SMILES string of the molecule is COc1ccccc1-c1noc(COC(=O)c2ccc(N3CCCCC3=O)cc2)n1. The van der Waals surface area contributed by atoms with E-state index in [2.05, 4.69) is 10.1 Å². The molecule has 8 heteroatoms. The number of amides is 1. The lowest BCUT2D eigenvalue weighted by molar-refractivity contribution is -0.119. The van der Waals surface area contributed by atoms with E-state index in [1.54, 1.807) is 42.3 Å². The molecule has 4 rings (SSSR count). The highest BCUT2D eigenvalue weighted by Crippen LogP contribution is 2.27. The number of anilines is 1. The number of para-hydroxylation sites is 1. The van der Waals surface area contributed by atoms with E-state index in [1.165, 1.54) is 0 Å². The van der Waals surface area contributed by atoms with Crippen LogP contribution in [0.5, 0.6) is 5.75 Å². The zero-order valence-corrected chi connectivity index (χ0v) is 16.5. The Labute approximate surface area is 173 Å². The van der Waals surface area contributed by atoms with Gasteiger partial charge in [-0.1, -0.05) is 17.3 Å². The first-order valence-electron chi connectivity index (χ1n) is 9.69. The van der Waals surface area contributed by atoms with Gasteiger partial charge in [-0.05, 0) is 49.2 Å². The molecule has 2 aromatic carbocycles. The highest BCUT2D eigenvalue weighted by atomic mass is 16.6. The molecular formula is C22H21N3O5. The third-order valence-corrected chi connectivity index (χ3v) is 4.88. The predicted octanol–water partition coefficient (Wildman–Crippen LogP) is 3.62. The summed E-state index contributed by atoms with van der Waals surface area (Å²) in [5, 5.41) is 3.92. The number of hydrogen-bond acceptors (Lipinski definition) is 7. The average Bonchev–Trinajstić information content (AvgIpc) is 3.27. The van der Waals surface area contributed by atoms with Gasteiger partial charge in [0.25, 0.3) is 5.89 Å². The molecule has 0 atom stereocenters. The molecule has 3 aromatic rings. The third-order valence-electron chi connectivity index (χ3n) is 4.88. The molecular weight excluding hydrogens is 386 g/mol. The minimum Gasteiger partial charge on any atom is -0.496 e. The molecule has 154 valence electrons. The minimum atomic E-state index is -0.511. The van der Waals surface area contributed by atoms with Crippen LogP contribution in [0.3, 0.4) is 0 Å². The molecule has 0 aliphatic carbocycles. The maximum atomic E-state index is 12.3. The largest absolute Gasteiger partial charge is 0.496 e. The topological polar surface area (TPSA) is 94.8 Å². The number of aromatic nitrogens is 2. The van der Waals surface area contributed by atoms with Gasteiger partial charge >= 0.3 is 5.97 Å². The molecule has 1 amide bonds. The summed E-state index contributed by atoms with van der Waals surface area (Å²) in [5.41, 5.74) is 1.85. The zero-order valence-electron chi connectivity index (χ0n) is 16.5. The predicted molar refractivity (Wildman–Crippen MR) is 108 cm³/mol. The summed E-state index contributed by atoms with van der Waals surface area (Å²) < 4.78 is 15.7. The Morgan fingerprint density at radius 1 is 1.13 bits per heavy atom. The molecule has 1 saturated heterocycles. The van der Waals surface area contributed by atoms with Gasteiger partial charge in [-0.2, -0.15) is 4.98 Å². The summed E-state index contributed by atoms with van der Waals surface area (Å²) in [4.78, 5) is 30.4. The number of benzene rings is 2. The Bertz CT molecular complexity index is 1040. The van der Waals surface area contributed by atoms with Crippen LogP contribution in [0.1, 0.15) is 35.5 Å². The van der Waals surface area contributed by atoms with Gasteiger partial charge < -0.3 is 18.9 Å². The molecule has 1 aliphatic rings. The molecule has 30 heavy (non-hydrogen) atoms. The Morgan fingerprint density at radius 3 is 2.70 bits per heavy atom. The van der Waals surface area contributed by atoms with Crippen molar-refractivity contribution in [1.82, 2.24) is 10.1 Å². The summed E-state index contributed by atoms with van der Waals surface area (Å²) in [6.07, 6.45) is 2.47. The van der Waals surface area contributed by atoms with E-state index in [9.17, 15) is 9.59 Å². The third kappa shape index (κ3) is 4.17. The lowest BCUT2D eigenvalue weighted by Crippen LogP contribution is -2.35. The van der Waals surface area contributed by atoms with Crippen molar-refractivity contribution < 1.29 is 23.6 Å². The lowest BCUT2D eigenvalue weighted by atomic mass is 10.1. The molecule has 0 unspecified atom stereocenters. The van der Waals surface area contributed by atoms with Gasteiger partial charge in [-0.3, -0.25) is 4.79 Å². The maximum absolute atomic E-state index is 12.3. The van der Waals surface area contributed by atoms with Gasteiger partial charge in [-0.25, -0.2) is 4.79 Å². The summed E-state index contributed by atoms with van der Waals surface area (Å²) in [6.45, 7) is 0.557. The first kappa shape index (κ1) is 19.6. The van der Waals surface area contributed by atoms with E-state index >= 15 is 0 Å². The van der Waals surface area contributed by atoms with Crippen LogP contribution in [-0.2, 0) is 16.1 Å². The van der Waals surface area contributed by atoms with Crippen molar-refractivity contribution in [2.75, 3.05) is 18.6 Å². The summed E-state index contributed by atoms with van der Waals surface area (Å²) >= 11 is 0. The van der Waals surface area contributed by atoms with E-state index in [-0.39, 0.29) is 18.4 Å². The van der Waals surface area contributed by atoms with Crippen molar-refractivity contribution in [2.45, 2.75) is 25.9 Å². The van der Waals surface area contributed by atoms with E-state index in [0.717, 1.165) is 18.5 Å². The van der Waals surface area contributed by atoms with E-state index < -0.39 is 5.97 Å². The zero-order chi connectivity index (χ0) is 20.9. The molecule has 8 nitrogen and oxygen atoms in total. The number of ether oxygens (including phenoxy) is 2. The van der Waals surface area contributed by atoms with Crippen LogP contribution < -0.4 is 9.64 Å². The van der Waals surface area contributed by atoms with Crippen LogP contribution in [0.25, 0.3) is 11.4 Å². The Hall–Kier alpha value is -3.68. The molecule has 0 N–H and O–H groups in total. The molecule has 1 aromatic heterocycles. The maximum Gasteiger partial charge on any atom is 0.338 e. The van der Waals surface area contributed by atoms with E-state index in [0.29, 0.717) is 35.7 Å². The van der Waals surface area contributed by atoms with E-state index in [1.807, 2.05) is 18.2 Å². The number of carbonyl (C=O) groups is 2. The fourth-order valence-electron chi connectivity index (χ4n) is 3.32. The smallest absolute Gasteiger partial charge is 0.338 e. The fraction of sp³-hybridized carbons (Fsp3) is 0.273. The van der Waals surface area contributed by atoms with Crippen molar-refractivity contribution in [3.05, 3.63) is 60.0 Å². The number of piperidine rings is 1. The van der Waals surface area contributed by atoms with Gasteiger partial charge in [0.1, 0.15) is 5.75 Å². The number of hydrogen-bond donors (Lipinski definition) is 0. The van der Waals surface area contributed by atoms with Gasteiger partial charge in [0.2, 0.25) is 11.7 Å². The first-order chi connectivity index (χ1) is 14.7. The van der Waals surface area contributed by atoms with Crippen LogP contribution in [0.2, 0.25) is 0 Å². The molecule has 0 radical (unpaired) electrons. The van der Waals surface area contributed by atoms with Crippen molar-refractivity contribution in [1.29, 1.82) is 0 Å². The van der Waals surface area contributed by atoms with Crippen LogP contribution in [0, 0.1) is 0 Å². The Kier molecular flexibility index (Phi) is 5.74. The first-order valence-corrected chi connectivity index (χ1v) is 9.69. The highest BCUT2D eigenvalue weighted by Gasteiger charge is 2.20. The van der Waals surface area contributed by atoms with Gasteiger partial charge in [0.15, 0.2) is 6.61 Å². The second kappa shape index (κ2) is 8.77. The van der Waals surface area contributed by atoms with Gasteiger partial charge in [0, 0.05) is 18.7 Å². The monoisotopic (exact) mass is 407 g/mol. The van der Waals surface area contributed by atoms with Crippen molar-refractivity contribution >= 4 is 17.6 Å². The van der Waals surface area contributed by atoms with Crippen LogP contribution in [0.15, 0.2) is 53.1 Å². The Balaban J connectivity index is 1.38. The summed E-state index contributed by atoms with van der Waals surface area (Å²) in [5.74, 6) is 0.755. The Morgan fingerprint density at radius 2 is 1.93 bits per heavy atom.